The van der Waals surface area contributed by atoms with E-state index < -0.39 is 11.9 Å². The number of ether oxygens (including phenoxy) is 2. The van der Waals surface area contributed by atoms with Crippen LogP contribution in [-0.2, 0) is 9.59 Å². The second-order valence-corrected chi connectivity index (χ2v) is 4.80. The van der Waals surface area contributed by atoms with Crippen LogP contribution in [0.3, 0.4) is 0 Å². The van der Waals surface area contributed by atoms with Gasteiger partial charge in [-0.25, -0.2) is 4.98 Å². The quantitative estimate of drug-likeness (QED) is 0.488. The highest BCUT2D eigenvalue weighted by Crippen LogP contribution is 2.34. The molecule has 1 aromatic heterocycles. The minimum atomic E-state index is -0.511. The number of thioether (sulfide) groups is 1. The van der Waals surface area contributed by atoms with Crippen molar-refractivity contribution >= 4 is 23.7 Å². The van der Waals surface area contributed by atoms with E-state index in [1.54, 1.807) is 18.3 Å². The first-order valence-electron chi connectivity index (χ1n) is 6.00. The molecule has 0 unspecified atom stereocenters. The molecule has 0 bridgehead atoms. The number of aromatic nitrogens is 1. The number of carbonyl (C=O) groups excluding carboxylic acids is 2. The molecule has 7 heteroatoms. The fraction of sp³-hybridized carbons (Fsp3) is 0.214. The first-order chi connectivity index (χ1) is 9.99. The number of oxazole rings is 1. The van der Waals surface area contributed by atoms with Crippen LogP contribution in [0.15, 0.2) is 34.0 Å². The van der Waals surface area contributed by atoms with Crippen LogP contribution in [0.4, 0.5) is 0 Å². The highest BCUT2D eigenvalue weighted by atomic mass is 32.2. The first kappa shape index (κ1) is 15.1. The van der Waals surface area contributed by atoms with Gasteiger partial charge in [-0.3, -0.25) is 9.59 Å². The van der Waals surface area contributed by atoms with Gasteiger partial charge < -0.3 is 13.9 Å². The second kappa shape index (κ2) is 6.45. The zero-order valence-corrected chi connectivity index (χ0v) is 12.5. The van der Waals surface area contributed by atoms with Gasteiger partial charge >= 0.3 is 11.9 Å². The zero-order valence-electron chi connectivity index (χ0n) is 11.7. The highest BCUT2D eigenvalue weighted by Gasteiger charge is 2.14. The molecule has 2 rings (SSSR count). The van der Waals surface area contributed by atoms with E-state index >= 15 is 0 Å². The molecule has 0 amide bonds. The Labute approximate surface area is 125 Å². The van der Waals surface area contributed by atoms with Crippen molar-refractivity contribution in [3.05, 3.63) is 24.4 Å². The van der Waals surface area contributed by atoms with E-state index in [0.29, 0.717) is 16.5 Å². The predicted octanol–water partition coefficient (Wildman–Crippen LogP) is 2.91. The van der Waals surface area contributed by atoms with E-state index in [4.69, 9.17) is 13.9 Å². The molecule has 0 atom stereocenters. The number of esters is 2. The van der Waals surface area contributed by atoms with Crippen LogP contribution >= 0.6 is 11.8 Å². The summed E-state index contributed by atoms with van der Waals surface area (Å²) in [6, 6.07) is 4.79. The molecule has 0 aliphatic carbocycles. The number of nitrogens with zero attached hydrogens (tertiary/aromatic N) is 1. The molecule has 0 N–H and O–H groups in total. The second-order valence-electron chi connectivity index (χ2n) is 4.04. The third-order valence-corrected chi connectivity index (χ3v) is 2.93. The molecule has 1 heterocycles. The zero-order chi connectivity index (χ0) is 15.4. The fourth-order valence-electron chi connectivity index (χ4n) is 1.62. The summed E-state index contributed by atoms with van der Waals surface area (Å²) in [4.78, 5) is 26.3. The lowest BCUT2D eigenvalue weighted by atomic mass is 10.1. The van der Waals surface area contributed by atoms with Crippen LogP contribution in [0.2, 0.25) is 0 Å². The monoisotopic (exact) mass is 307 g/mol. The summed E-state index contributed by atoms with van der Waals surface area (Å²) < 4.78 is 15.6. The first-order valence-corrected chi connectivity index (χ1v) is 7.23. The molecule has 6 nitrogen and oxygen atoms in total. The van der Waals surface area contributed by atoms with E-state index in [1.165, 1.54) is 31.7 Å². The minimum absolute atomic E-state index is 0.150. The van der Waals surface area contributed by atoms with E-state index in [-0.39, 0.29) is 11.5 Å². The summed E-state index contributed by atoms with van der Waals surface area (Å²) in [6.07, 6.45) is 3.42. The van der Waals surface area contributed by atoms with Gasteiger partial charge in [0.25, 0.3) is 5.22 Å². The molecule has 0 spiro atoms. The smallest absolute Gasteiger partial charge is 0.308 e. The molecular formula is C14H13NO5S. The maximum Gasteiger partial charge on any atom is 0.308 e. The van der Waals surface area contributed by atoms with E-state index in [1.807, 2.05) is 6.26 Å². The molecule has 2 aromatic rings. The number of hydrogen-bond acceptors (Lipinski definition) is 7. The maximum absolute atomic E-state index is 11.1. The van der Waals surface area contributed by atoms with Gasteiger partial charge in [-0.15, -0.1) is 0 Å². The van der Waals surface area contributed by atoms with Crippen molar-refractivity contribution in [2.45, 2.75) is 19.1 Å². The summed E-state index contributed by atoms with van der Waals surface area (Å²) in [6.45, 7) is 2.54. The fourth-order valence-corrected chi connectivity index (χ4v) is 1.95. The van der Waals surface area contributed by atoms with Crippen molar-refractivity contribution < 1.29 is 23.5 Å². The molecule has 110 valence electrons. The topological polar surface area (TPSA) is 78.6 Å². The lowest BCUT2D eigenvalue weighted by Gasteiger charge is -2.09. The van der Waals surface area contributed by atoms with Gasteiger partial charge in [0.2, 0.25) is 0 Å². The Hall–Kier alpha value is -2.28. The SMILES string of the molecule is CSc1ncc(-c2ccc(OC(C)=O)c(OC(C)=O)c2)o1. The van der Waals surface area contributed by atoms with Gasteiger partial charge in [-0.2, -0.15) is 0 Å². The summed E-state index contributed by atoms with van der Waals surface area (Å²) in [5.74, 6) is -0.158. The molecule has 0 aliphatic heterocycles. The van der Waals surface area contributed by atoms with Gasteiger partial charge in [0.05, 0.1) is 6.20 Å². The summed E-state index contributed by atoms with van der Waals surface area (Å²) in [5, 5.41) is 0.531. The number of rotatable bonds is 4. The normalized spacial score (nSPS) is 10.2. The molecule has 0 fully saturated rings. The summed E-state index contributed by atoms with van der Waals surface area (Å²) in [5.41, 5.74) is 0.662. The molecule has 21 heavy (non-hydrogen) atoms. The predicted molar refractivity (Wildman–Crippen MR) is 76.3 cm³/mol. The number of hydrogen-bond donors (Lipinski definition) is 0. The standard InChI is InChI=1S/C14H13NO5S/c1-8(16)18-11-5-4-10(6-12(11)19-9(2)17)13-7-15-14(20-13)21-3/h4-7H,1-3H3. The van der Waals surface area contributed by atoms with Crippen LogP contribution in [0.1, 0.15) is 13.8 Å². The molecular weight excluding hydrogens is 294 g/mol. The van der Waals surface area contributed by atoms with Crippen LogP contribution in [0.5, 0.6) is 11.5 Å². The Morgan fingerprint density at radius 2 is 1.81 bits per heavy atom. The summed E-state index contributed by atoms with van der Waals surface area (Å²) in [7, 11) is 0. The Kier molecular flexibility index (Phi) is 4.64. The van der Waals surface area contributed by atoms with Gasteiger partial charge in [0.15, 0.2) is 17.3 Å². The van der Waals surface area contributed by atoms with Gasteiger partial charge in [-0.1, -0.05) is 11.8 Å². The Balaban J connectivity index is 2.39. The van der Waals surface area contributed by atoms with Crippen molar-refractivity contribution in [2.24, 2.45) is 0 Å². The Morgan fingerprint density at radius 3 is 2.38 bits per heavy atom. The molecule has 0 aliphatic rings. The van der Waals surface area contributed by atoms with E-state index in [2.05, 4.69) is 4.98 Å². The molecule has 1 aromatic carbocycles. The minimum Gasteiger partial charge on any atom is -0.431 e. The van der Waals surface area contributed by atoms with E-state index in [0.717, 1.165) is 0 Å². The average molecular weight is 307 g/mol. The van der Waals surface area contributed by atoms with Crippen molar-refractivity contribution in [3.63, 3.8) is 0 Å². The van der Waals surface area contributed by atoms with Gasteiger partial charge in [-0.05, 0) is 24.5 Å². The molecule has 0 radical (unpaired) electrons. The van der Waals surface area contributed by atoms with Crippen LogP contribution in [-0.4, -0.2) is 23.2 Å². The van der Waals surface area contributed by atoms with E-state index in [9.17, 15) is 9.59 Å². The lowest BCUT2D eigenvalue weighted by molar-refractivity contribution is -0.134. The lowest BCUT2D eigenvalue weighted by Crippen LogP contribution is -2.07. The third-order valence-electron chi connectivity index (χ3n) is 2.39. The van der Waals surface area contributed by atoms with Crippen LogP contribution < -0.4 is 9.47 Å². The molecule has 0 saturated carbocycles. The van der Waals surface area contributed by atoms with Crippen molar-refractivity contribution in [3.8, 4) is 22.8 Å². The summed E-state index contributed by atoms with van der Waals surface area (Å²) >= 11 is 1.38. The van der Waals surface area contributed by atoms with Gasteiger partial charge in [0.1, 0.15) is 0 Å². The maximum atomic E-state index is 11.1. The number of benzene rings is 1. The largest absolute Gasteiger partial charge is 0.431 e. The Bertz CT molecular complexity index is 680. The van der Waals surface area contributed by atoms with Crippen molar-refractivity contribution in [1.82, 2.24) is 4.98 Å². The van der Waals surface area contributed by atoms with Crippen LogP contribution in [0.25, 0.3) is 11.3 Å². The number of carbonyl (C=O) groups is 2. The average Bonchev–Trinajstić information content (AvgIpc) is 2.88. The van der Waals surface area contributed by atoms with Crippen molar-refractivity contribution in [1.29, 1.82) is 0 Å². The molecule has 0 saturated heterocycles. The van der Waals surface area contributed by atoms with Gasteiger partial charge in [0, 0.05) is 19.4 Å². The third kappa shape index (κ3) is 3.85. The van der Waals surface area contributed by atoms with Crippen molar-refractivity contribution in [2.75, 3.05) is 6.26 Å². The van der Waals surface area contributed by atoms with Crippen LogP contribution in [0, 0.1) is 0 Å². The Morgan fingerprint density at radius 1 is 1.14 bits per heavy atom. The highest BCUT2D eigenvalue weighted by molar-refractivity contribution is 7.98.